The molecule has 41 heavy (non-hydrogen) atoms. The molecule has 2 unspecified atom stereocenters. The van der Waals surface area contributed by atoms with Gasteiger partial charge in [0, 0.05) is 24.0 Å². The van der Waals surface area contributed by atoms with Crippen molar-refractivity contribution in [3.63, 3.8) is 0 Å². The molecular weight excluding hydrogens is 548 g/mol. The number of benzene rings is 2. The highest BCUT2D eigenvalue weighted by atomic mass is 19.4. The van der Waals surface area contributed by atoms with Crippen molar-refractivity contribution in [3.05, 3.63) is 41.5 Å². The predicted octanol–water partition coefficient (Wildman–Crippen LogP) is 8.44. The van der Waals surface area contributed by atoms with Crippen LogP contribution in [-0.4, -0.2) is 41.3 Å². The SMILES string of the molecule is CC(C)OC(=O)C1CC2CCCC(C1)N2Cc1cccc2ccc(OC3CCC(C(F)(F)F)CC3)c(C(F)(F)F)c12. The van der Waals surface area contributed by atoms with Crippen molar-refractivity contribution in [2.75, 3.05) is 0 Å². The maximum atomic E-state index is 14.7. The summed E-state index contributed by atoms with van der Waals surface area (Å²) in [7, 11) is 0. The van der Waals surface area contributed by atoms with E-state index in [0.717, 1.165) is 19.3 Å². The minimum absolute atomic E-state index is 0.0543. The van der Waals surface area contributed by atoms with E-state index in [4.69, 9.17) is 9.47 Å². The Labute approximate surface area is 236 Å². The van der Waals surface area contributed by atoms with Gasteiger partial charge in [0.2, 0.25) is 0 Å². The van der Waals surface area contributed by atoms with Gasteiger partial charge in [0.05, 0.1) is 24.0 Å². The van der Waals surface area contributed by atoms with Crippen LogP contribution in [0, 0.1) is 11.8 Å². The van der Waals surface area contributed by atoms with Crippen LogP contribution < -0.4 is 4.74 Å². The Morgan fingerprint density at radius 1 is 0.927 bits per heavy atom. The van der Waals surface area contributed by atoms with Gasteiger partial charge in [-0.1, -0.05) is 30.7 Å². The van der Waals surface area contributed by atoms with Crippen molar-refractivity contribution >= 4 is 16.7 Å². The fourth-order valence-electron chi connectivity index (χ4n) is 7.09. The van der Waals surface area contributed by atoms with E-state index in [1.54, 1.807) is 24.3 Å². The molecule has 0 spiro atoms. The van der Waals surface area contributed by atoms with Gasteiger partial charge in [0.25, 0.3) is 0 Å². The Bertz CT molecular complexity index is 1220. The summed E-state index contributed by atoms with van der Waals surface area (Å²) in [6.07, 6.45) is -6.15. The molecule has 0 radical (unpaired) electrons. The molecule has 3 fully saturated rings. The lowest BCUT2D eigenvalue weighted by Crippen LogP contribution is -2.53. The van der Waals surface area contributed by atoms with Crippen LogP contribution in [0.1, 0.15) is 82.8 Å². The van der Waals surface area contributed by atoms with Crippen molar-refractivity contribution in [1.82, 2.24) is 4.90 Å². The van der Waals surface area contributed by atoms with Gasteiger partial charge in [-0.2, -0.15) is 26.3 Å². The molecule has 2 aromatic rings. The summed E-state index contributed by atoms with van der Waals surface area (Å²) in [5, 5.41) is 0.504. The Morgan fingerprint density at radius 3 is 2.17 bits per heavy atom. The molecule has 2 aromatic carbocycles. The summed E-state index contributed by atoms with van der Waals surface area (Å²) in [5.74, 6) is -2.19. The van der Waals surface area contributed by atoms with Gasteiger partial charge in [-0.15, -0.1) is 0 Å². The smallest absolute Gasteiger partial charge is 0.420 e. The molecule has 2 aliphatic heterocycles. The fraction of sp³-hybridized carbons (Fsp3) is 0.645. The van der Waals surface area contributed by atoms with Crippen LogP contribution in [0.3, 0.4) is 0 Å². The molecule has 1 aliphatic carbocycles. The summed E-state index contributed by atoms with van der Waals surface area (Å²) in [4.78, 5) is 14.9. The Hall–Kier alpha value is -2.49. The summed E-state index contributed by atoms with van der Waals surface area (Å²) >= 11 is 0. The second-order valence-corrected chi connectivity index (χ2v) is 12.1. The van der Waals surface area contributed by atoms with Crippen molar-refractivity contribution in [1.29, 1.82) is 0 Å². The number of hydrogen-bond donors (Lipinski definition) is 0. The maximum absolute atomic E-state index is 14.7. The average molecular weight is 586 g/mol. The van der Waals surface area contributed by atoms with Crippen LogP contribution in [0.4, 0.5) is 26.3 Å². The number of ether oxygens (including phenoxy) is 2. The summed E-state index contributed by atoms with van der Waals surface area (Å²) in [6, 6.07) is 8.14. The van der Waals surface area contributed by atoms with Gasteiger partial charge >= 0.3 is 18.3 Å². The molecule has 0 aromatic heterocycles. The summed E-state index contributed by atoms with van der Waals surface area (Å²) < 4.78 is 94.7. The van der Waals surface area contributed by atoms with Crippen LogP contribution >= 0.6 is 0 Å². The van der Waals surface area contributed by atoms with E-state index in [-0.39, 0.29) is 66.9 Å². The second-order valence-electron chi connectivity index (χ2n) is 12.1. The number of piperidine rings is 2. The molecule has 2 saturated heterocycles. The molecule has 5 rings (SSSR count). The lowest BCUT2D eigenvalue weighted by atomic mass is 9.78. The number of carbonyl (C=O) groups excluding carboxylic acids is 1. The van der Waals surface area contributed by atoms with Crippen molar-refractivity contribution in [2.24, 2.45) is 11.8 Å². The fourth-order valence-corrected chi connectivity index (χ4v) is 7.09. The lowest BCUT2D eigenvalue weighted by molar-refractivity contribution is -0.185. The first-order valence-electron chi connectivity index (χ1n) is 14.6. The molecule has 4 nitrogen and oxygen atoms in total. The predicted molar refractivity (Wildman–Crippen MR) is 142 cm³/mol. The zero-order valence-electron chi connectivity index (χ0n) is 23.4. The number of alkyl halides is 6. The van der Waals surface area contributed by atoms with E-state index in [1.807, 2.05) is 13.8 Å². The van der Waals surface area contributed by atoms with Crippen LogP contribution in [0.2, 0.25) is 0 Å². The number of hydrogen-bond acceptors (Lipinski definition) is 4. The zero-order chi connectivity index (χ0) is 29.5. The Morgan fingerprint density at radius 2 is 1.59 bits per heavy atom. The lowest BCUT2D eigenvalue weighted by Gasteiger charge is -2.48. The van der Waals surface area contributed by atoms with Crippen molar-refractivity contribution < 1.29 is 40.6 Å². The van der Waals surface area contributed by atoms with E-state index in [9.17, 15) is 31.1 Å². The molecule has 0 N–H and O–H groups in total. The first kappa shape index (κ1) is 30.0. The number of halogens is 6. The first-order valence-corrected chi connectivity index (χ1v) is 14.6. The number of fused-ring (bicyclic) bond motifs is 3. The zero-order valence-corrected chi connectivity index (χ0v) is 23.4. The van der Waals surface area contributed by atoms with Crippen LogP contribution in [0.15, 0.2) is 30.3 Å². The van der Waals surface area contributed by atoms with Gasteiger partial charge in [0.15, 0.2) is 0 Å². The van der Waals surface area contributed by atoms with Crippen molar-refractivity contribution in [3.8, 4) is 5.75 Å². The highest BCUT2D eigenvalue weighted by molar-refractivity contribution is 5.91. The van der Waals surface area contributed by atoms with Crippen LogP contribution in [-0.2, 0) is 22.3 Å². The number of nitrogens with zero attached hydrogens (tertiary/aromatic N) is 1. The van der Waals surface area contributed by atoms with Crippen molar-refractivity contribution in [2.45, 2.75) is 115 Å². The van der Waals surface area contributed by atoms with Gasteiger partial charge < -0.3 is 9.47 Å². The van der Waals surface area contributed by atoms with E-state index >= 15 is 0 Å². The first-order chi connectivity index (χ1) is 19.3. The quantitative estimate of drug-likeness (QED) is 0.252. The molecule has 10 heteroatoms. The molecule has 3 aliphatic rings. The maximum Gasteiger partial charge on any atom is 0.420 e. The number of carbonyl (C=O) groups is 1. The molecule has 0 amide bonds. The molecule has 1 saturated carbocycles. The summed E-state index contributed by atoms with van der Waals surface area (Å²) in [6.45, 7) is 3.94. The minimum Gasteiger partial charge on any atom is -0.490 e. The van der Waals surface area contributed by atoms with Gasteiger partial charge in [-0.25, -0.2) is 0 Å². The third kappa shape index (κ3) is 6.62. The third-order valence-electron chi connectivity index (χ3n) is 8.97. The van der Waals surface area contributed by atoms with Gasteiger partial charge in [-0.05, 0) is 82.2 Å². The topological polar surface area (TPSA) is 38.8 Å². The standard InChI is InChI=1S/C31H37F6NO3/c1-18(2)40-29(39)21-15-23-7-4-8-24(16-21)38(23)17-20-6-3-5-19-9-14-26(28(27(19)20)31(35,36)37)41-25-12-10-22(11-13-25)30(32,33)34/h3,5-6,9,14,18,21-25H,4,7-8,10-13,15-17H2,1-2H3. The van der Waals surface area contributed by atoms with Crippen LogP contribution in [0.25, 0.3) is 10.8 Å². The average Bonchev–Trinajstić information content (AvgIpc) is 2.87. The third-order valence-corrected chi connectivity index (χ3v) is 8.97. The van der Waals surface area contributed by atoms with E-state index in [1.165, 1.54) is 6.07 Å². The molecular formula is C31H37F6NO3. The van der Waals surface area contributed by atoms with E-state index in [2.05, 4.69) is 4.90 Å². The normalized spacial score (nSPS) is 27.7. The minimum atomic E-state index is -4.72. The largest absolute Gasteiger partial charge is 0.490 e. The molecule has 226 valence electrons. The monoisotopic (exact) mass is 585 g/mol. The van der Waals surface area contributed by atoms with Crippen LogP contribution in [0.5, 0.6) is 5.75 Å². The summed E-state index contributed by atoms with van der Waals surface area (Å²) in [5.41, 5.74) is -0.342. The number of esters is 1. The number of rotatable bonds is 6. The van der Waals surface area contributed by atoms with E-state index < -0.39 is 29.9 Å². The van der Waals surface area contributed by atoms with E-state index in [0.29, 0.717) is 30.3 Å². The highest BCUT2D eigenvalue weighted by Gasteiger charge is 2.44. The second kappa shape index (κ2) is 11.7. The highest BCUT2D eigenvalue weighted by Crippen LogP contribution is 2.46. The molecule has 2 atom stereocenters. The van der Waals surface area contributed by atoms with Gasteiger partial charge in [-0.3, -0.25) is 9.69 Å². The molecule has 2 heterocycles. The molecule has 2 bridgehead atoms. The van der Waals surface area contributed by atoms with Gasteiger partial charge in [0.1, 0.15) is 11.3 Å². The Balaban J connectivity index is 1.42. The Kier molecular flexibility index (Phi) is 8.52.